The molecule has 0 bridgehead atoms. The average Bonchev–Trinajstić information content (AvgIpc) is 3.31. The van der Waals surface area contributed by atoms with Crippen LogP contribution in [0.5, 0.6) is 0 Å². The number of nitrogens with two attached hydrogens (primary N) is 2. The quantitative estimate of drug-likeness (QED) is 0.266. The highest BCUT2D eigenvalue weighted by molar-refractivity contribution is 6.03. The zero-order valence-electron chi connectivity index (χ0n) is 19.5. The van der Waals surface area contributed by atoms with E-state index in [4.69, 9.17) is 11.5 Å². The number of rotatable bonds is 7. The van der Waals surface area contributed by atoms with E-state index in [-0.39, 0.29) is 23.7 Å². The number of hydrogen-bond donors (Lipinski definition) is 5. The Morgan fingerprint density at radius 1 is 1.00 bits per heavy atom. The van der Waals surface area contributed by atoms with Crippen molar-refractivity contribution in [2.75, 3.05) is 16.0 Å². The Bertz CT molecular complexity index is 1400. The molecule has 184 valence electrons. The van der Waals surface area contributed by atoms with Gasteiger partial charge < -0.3 is 27.4 Å². The summed E-state index contributed by atoms with van der Waals surface area (Å²) < 4.78 is 1.51. The van der Waals surface area contributed by atoms with E-state index >= 15 is 0 Å². The van der Waals surface area contributed by atoms with Gasteiger partial charge in [0.25, 0.3) is 5.91 Å². The van der Waals surface area contributed by atoms with Crippen LogP contribution < -0.4 is 27.4 Å². The SMILES string of the molecule is NC(=O)c1cccc(Nc2cc(N[C@H]3CC[C@H](N)CC3)nn3c(C(=O)Nc4ccncc4)cnc23)c1. The van der Waals surface area contributed by atoms with Crippen molar-refractivity contribution in [3.05, 3.63) is 72.3 Å². The molecule has 3 heterocycles. The smallest absolute Gasteiger partial charge is 0.276 e. The number of carbonyl (C=O) groups excluding carboxylic acids is 2. The van der Waals surface area contributed by atoms with Crippen LogP contribution >= 0.6 is 0 Å². The summed E-state index contributed by atoms with van der Waals surface area (Å²) in [5, 5.41) is 14.3. The van der Waals surface area contributed by atoms with Gasteiger partial charge in [-0.25, -0.2) is 9.50 Å². The summed E-state index contributed by atoms with van der Waals surface area (Å²) in [5.74, 6) is -0.288. The van der Waals surface area contributed by atoms with Crippen molar-refractivity contribution in [3.8, 4) is 0 Å². The first-order valence-corrected chi connectivity index (χ1v) is 11.8. The number of anilines is 4. The van der Waals surface area contributed by atoms with Gasteiger partial charge in [0, 0.05) is 47.5 Å². The molecular formula is C25H27N9O2. The molecule has 0 spiro atoms. The molecule has 0 radical (unpaired) electrons. The Hall–Kier alpha value is -4.51. The molecule has 0 unspecified atom stereocenters. The molecule has 2 amide bonds. The van der Waals surface area contributed by atoms with Gasteiger partial charge in [-0.15, -0.1) is 5.10 Å². The van der Waals surface area contributed by atoms with Crippen molar-refractivity contribution in [3.63, 3.8) is 0 Å². The number of nitrogens with one attached hydrogen (secondary N) is 3. The Kier molecular flexibility index (Phi) is 6.46. The molecule has 36 heavy (non-hydrogen) atoms. The third-order valence-electron chi connectivity index (χ3n) is 6.19. The van der Waals surface area contributed by atoms with Gasteiger partial charge >= 0.3 is 0 Å². The minimum atomic E-state index is -0.521. The van der Waals surface area contributed by atoms with Crippen molar-refractivity contribution in [1.29, 1.82) is 0 Å². The molecule has 0 aliphatic heterocycles. The van der Waals surface area contributed by atoms with Crippen molar-refractivity contribution < 1.29 is 9.59 Å². The van der Waals surface area contributed by atoms with Gasteiger partial charge in [0.1, 0.15) is 5.82 Å². The first-order valence-electron chi connectivity index (χ1n) is 11.8. The summed E-state index contributed by atoms with van der Waals surface area (Å²) in [4.78, 5) is 33.2. The van der Waals surface area contributed by atoms with Crippen LogP contribution in [0.3, 0.4) is 0 Å². The predicted molar refractivity (Wildman–Crippen MR) is 137 cm³/mol. The van der Waals surface area contributed by atoms with Crippen molar-refractivity contribution in [2.24, 2.45) is 11.5 Å². The van der Waals surface area contributed by atoms with Crippen LogP contribution in [-0.2, 0) is 0 Å². The largest absolute Gasteiger partial charge is 0.366 e. The van der Waals surface area contributed by atoms with E-state index in [2.05, 4.69) is 31.0 Å². The zero-order valence-corrected chi connectivity index (χ0v) is 19.5. The topological polar surface area (TPSA) is 165 Å². The number of benzene rings is 1. The van der Waals surface area contributed by atoms with Crippen LogP contribution in [-0.4, -0.2) is 43.5 Å². The summed E-state index contributed by atoms with van der Waals surface area (Å²) in [6.45, 7) is 0. The van der Waals surface area contributed by atoms with Gasteiger partial charge in [0.05, 0.1) is 11.9 Å². The molecule has 11 heteroatoms. The van der Waals surface area contributed by atoms with E-state index in [1.54, 1.807) is 42.7 Å². The maximum atomic E-state index is 13.1. The lowest BCUT2D eigenvalue weighted by Crippen LogP contribution is -2.33. The minimum Gasteiger partial charge on any atom is -0.366 e. The van der Waals surface area contributed by atoms with Crippen molar-refractivity contribution in [1.82, 2.24) is 19.6 Å². The van der Waals surface area contributed by atoms with Gasteiger partial charge in [-0.1, -0.05) is 6.07 Å². The normalized spacial score (nSPS) is 17.5. The van der Waals surface area contributed by atoms with Gasteiger partial charge in [-0.05, 0) is 56.0 Å². The third-order valence-corrected chi connectivity index (χ3v) is 6.19. The lowest BCUT2D eigenvalue weighted by atomic mass is 9.92. The lowest BCUT2D eigenvalue weighted by Gasteiger charge is -2.27. The highest BCUT2D eigenvalue weighted by atomic mass is 16.2. The fraction of sp³-hybridized carbons (Fsp3) is 0.240. The van der Waals surface area contributed by atoms with Crippen LogP contribution in [0.4, 0.5) is 22.9 Å². The van der Waals surface area contributed by atoms with E-state index in [1.807, 2.05) is 12.1 Å². The number of fused-ring (bicyclic) bond motifs is 1. The number of amides is 2. The number of hydrogen-bond acceptors (Lipinski definition) is 8. The van der Waals surface area contributed by atoms with Crippen molar-refractivity contribution >= 4 is 40.3 Å². The second kappa shape index (κ2) is 10.0. The van der Waals surface area contributed by atoms with Crippen LogP contribution in [0.2, 0.25) is 0 Å². The molecule has 1 aliphatic carbocycles. The minimum absolute atomic E-state index is 0.221. The highest BCUT2D eigenvalue weighted by Crippen LogP contribution is 2.27. The van der Waals surface area contributed by atoms with Crippen molar-refractivity contribution in [2.45, 2.75) is 37.8 Å². The molecule has 1 saturated carbocycles. The standard InChI is InChI=1S/C25H27N9O2/c26-16-4-6-17(7-5-16)31-22-13-20(30-19-3-1-2-15(12-19)23(27)35)24-29-14-21(34(24)33-22)25(36)32-18-8-10-28-11-9-18/h1-3,8-14,16-17,30H,4-7,26H2,(H2,27,35)(H,31,33)(H,28,32,36)/t16-,17-. The number of imidazole rings is 1. The first kappa shape index (κ1) is 23.2. The summed E-state index contributed by atoms with van der Waals surface area (Å²) in [6, 6.07) is 12.6. The second-order valence-electron chi connectivity index (χ2n) is 8.84. The lowest BCUT2D eigenvalue weighted by molar-refractivity contribution is 0.0996. The molecule has 1 fully saturated rings. The van der Waals surface area contributed by atoms with Gasteiger partial charge in [0.2, 0.25) is 5.91 Å². The summed E-state index contributed by atoms with van der Waals surface area (Å²) in [6.07, 6.45) is 8.43. The van der Waals surface area contributed by atoms with Crippen LogP contribution in [0.1, 0.15) is 46.5 Å². The van der Waals surface area contributed by atoms with Gasteiger partial charge in [0.15, 0.2) is 11.3 Å². The van der Waals surface area contributed by atoms with E-state index < -0.39 is 5.91 Å². The van der Waals surface area contributed by atoms with E-state index in [0.29, 0.717) is 34.1 Å². The molecule has 1 aromatic carbocycles. The summed E-state index contributed by atoms with van der Waals surface area (Å²) in [5.41, 5.74) is 14.5. The Balaban J connectivity index is 1.51. The molecular weight excluding hydrogens is 458 g/mol. The molecule has 1 aliphatic rings. The average molecular weight is 486 g/mol. The molecule has 0 saturated heterocycles. The van der Waals surface area contributed by atoms with E-state index in [0.717, 1.165) is 25.7 Å². The van der Waals surface area contributed by atoms with Crippen LogP contribution in [0, 0.1) is 0 Å². The number of carbonyl (C=O) groups is 2. The Labute approximate surface area is 207 Å². The number of pyridine rings is 1. The van der Waals surface area contributed by atoms with Gasteiger partial charge in [-0.3, -0.25) is 14.6 Å². The molecule has 3 aromatic heterocycles. The number of aromatic nitrogens is 4. The highest BCUT2D eigenvalue weighted by Gasteiger charge is 2.21. The molecule has 0 atom stereocenters. The molecule has 7 N–H and O–H groups in total. The Morgan fingerprint density at radius 3 is 2.53 bits per heavy atom. The molecule has 5 rings (SSSR count). The fourth-order valence-electron chi connectivity index (χ4n) is 4.29. The van der Waals surface area contributed by atoms with Crippen LogP contribution in [0.25, 0.3) is 5.65 Å². The van der Waals surface area contributed by atoms with E-state index in [9.17, 15) is 9.59 Å². The molecule has 4 aromatic rings. The fourth-order valence-corrected chi connectivity index (χ4v) is 4.29. The number of nitrogens with zero attached hydrogens (tertiary/aromatic N) is 4. The summed E-state index contributed by atoms with van der Waals surface area (Å²) >= 11 is 0. The predicted octanol–water partition coefficient (Wildman–Crippen LogP) is 2.90. The molecule has 11 nitrogen and oxygen atoms in total. The maximum absolute atomic E-state index is 13.1. The summed E-state index contributed by atoms with van der Waals surface area (Å²) in [7, 11) is 0. The Morgan fingerprint density at radius 2 is 1.78 bits per heavy atom. The third kappa shape index (κ3) is 5.10. The monoisotopic (exact) mass is 485 g/mol. The first-order chi connectivity index (χ1) is 17.5. The van der Waals surface area contributed by atoms with E-state index in [1.165, 1.54) is 10.7 Å². The van der Waals surface area contributed by atoms with Crippen LogP contribution in [0.15, 0.2) is 61.1 Å². The number of primary amides is 1. The second-order valence-corrected chi connectivity index (χ2v) is 8.84. The zero-order chi connectivity index (χ0) is 25.1. The maximum Gasteiger partial charge on any atom is 0.276 e. The van der Waals surface area contributed by atoms with Gasteiger partial charge in [-0.2, -0.15) is 0 Å².